The number of para-hydroxylation sites is 1. The van der Waals surface area contributed by atoms with Gasteiger partial charge in [0.05, 0.1) is 5.56 Å². The van der Waals surface area contributed by atoms with E-state index in [4.69, 9.17) is 9.15 Å². The average Bonchev–Trinajstić information content (AvgIpc) is 3.28. The molecule has 0 aliphatic carbocycles. The second-order valence-electron chi connectivity index (χ2n) is 6.77. The molecule has 1 aromatic heterocycles. The summed E-state index contributed by atoms with van der Waals surface area (Å²) in [5, 5.41) is 11.1. The highest BCUT2D eigenvalue weighted by molar-refractivity contribution is 5.78. The van der Waals surface area contributed by atoms with Crippen molar-refractivity contribution in [3.8, 4) is 28.7 Å². The van der Waals surface area contributed by atoms with Gasteiger partial charge in [-0.05, 0) is 42.3 Å². The maximum Gasteiger partial charge on any atom is 0.258 e. The van der Waals surface area contributed by atoms with Crippen LogP contribution in [0.3, 0.4) is 0 Å². The van der Waals surface area contributed by atoms with Crippen molar-refractivity contribution in [2.45, 2.75) is 13.5 Å². The molecular weight excluding hydrogens is 378 g/mol. The Balaban J connectivity index is 1.42. The third-order valence-corrected chi connectivity index (χ3v) is 4.66. The molecule has 6 nitrogen and oxygen atoms in total. The fraction of sp³-hybridized carbons (Fsp3) is 0.125. The van der Waals surface area contributed by atoms with Crippen LogP contribution >= 0.6 is 0 Å². The number of nitrogens with zero attached hydrogens (tertiary/aromatic N) is 2. The zero-order valence-corrected chi connectivity index (χ0v) is 16.5. The minimum atomic E-state index is -0.205. The van der Waals surface area contributed by atoms with Gasteiger partial charge in [-0.15, -0.1) is 10.2 Å². The first-order chi connectivity index (χ1) is 14.7. The molecule has 4 rings (SSSR count). The predicted molar refractivity (Wildman–Crippen MR) is 114 cm³/mol. The van der Waals surface area contributed by atoms with Gasteiger partial charge in [-0.25, -0.2) is 0 Å². The van der Waals surface area contributed by atoms with Crippen molar-refractivity contribution < 1.29 is 13.9 Å². The molecule has 150 valence electrons. The van der Waals surface area contributed by atoms with Crippen LogP contribution in [0.5, 0.6) is 5.75 Å². The molecule has 0 saturated heterocycles. The molecule has 0 aliphatic heterocycles. The molecule has 1 heterocycles. The van der Waals surface area contributed by atoms with Crippen LogP contribution in [0.2, 0.25) is 0 Å². The van der Waals surface area contributed by atoms with Crippen LogP contribution in [0.4, 0.5) is 0 Å². The van der Waals surface area contributed by atoms with Crippen LogP contribution in [-0.2, 0) is 11.3 Å². The van der Waals surface area contributed by atoms with E-state index in [-0.39, 0.29) is 12.5 Å². The van der Waals surface area contributed by atoms with Gasteiger partial charge >= 0.3 is 0 Å². The van der Waals surface area contributed by atoms with Crippen molar-refractivity contribution in [1.82, 2.24) is 15.5 Å². The summed E-state index contributed by atoms with van der Waals surface area (Å²) in [7, 11) is 0. The summed E-state index contributed by atoms with van der Waals surface area (Å²) in [5.41, 5.74) is 3.68. The molecule has 6 heteroatoms. The molecule has 3 aromatic carbocycles. The molecule has 0 bridgehead atoms. The normalized spacial score (nSPS) is 10.6. The zero-order chi connectivity index (χ0) is 20.8. The van der Waals surface area contributed by atoms with E-state index in [1.807, 2.05) is 79.7 Å². The van der Waals surface area contributed by atoms with Crippen molar-refractivity contribution in [1.29, 1.82) is 0 Å². The quantitative estimate of drug-likeness (QED) is 0.498. The number of ether oxygens (including phenoxy) is 1. The summed E-state index contributed by atoms with van der Waals surface area (Å²) in [5.74, 6) is 1.07. The molecule has 1 N–H and O–H groups in total. The zero-order valence-electron chi connectivity index (χ0n) is 16.5. The van der Waals surface area contributed by atoms with Crippen LogP contribution in [0.15, 0.2) is 83.3 Å². The summed E-state index contributed by atoms with van der Waals surface area (Å²) in [6.07, 6.45) is 0. The van der Waals surface area contributed by atoms with E-state index in [1.165, 1.54) is 0 Å². The first-order valence-corrected chi connectivity index (χ1v) is 9.63. The Morgan fingerprint density at radius 3 is 2.43 bits per heavy atom. The van der Waals surface area contributed by atoms with E-state index < -0.39 is 0 Å². The SMILES string of the molecule is Cc1ccccc1CNC(=O)COc1ccccc1-c1nnc(-c2ccccc2)o1. The molecular formula is C24H21N3O3. The maximum absolute atomic E-state index is 12.3. The Kier molecular flexibility index (Phi) is 5.85. The van der Waals surface area contributed by atoms with E-state index >= 15 is 0 Å². The number of carbonyl (C=O) groups is 1. The van der Waals surface area contributed by atoms with Crippen LogP contribution in [0, 0.1) is 6.92 Å². The number of aryl methyl sites for hydroxylation is 1. The fourth-order valence-electron chi connectivity index (χ4n) is 3.00. The molecule has 0 fully saturated rings. The van der Waals surface area contributed by atoms with Crippen molar-refractivity contribution in [3.63, 3.8) is 0 Å². The molecule has 0 spiro atoms. The van der Waals surface area contributed by atoms with Crippen molar-refractivity contribution in [2.24, 2.45) is 0 Å². The lowest BCUT2D eigenvalue weighted by Crippen LogP contribution is -2.28. The first-order valence-electron chi connectivity index (χ1n) is 9.63. The van der Waals surface area contributed by atoms with Crippen LogP contribution in [0.1, 0.15) is 11.1 Å². The Morgan fingerprint density at radius 1 is 0.900 bits per heavy atom. The van der Waals surface area contributed by atoms with E-state index in [1.54, 1.807) is 6.07 Å². The third-order valence-electron chi connectivity index (χ3n) is 4.66. The van der Waals surface area contributed by atoms with Crippen molar-refractivity contribution in [3.05, 3.63) is 90.0 Å². The van der Waals surface area contributed by atoms with E-state index in [9.17, 15) is 4.79 Å². The van der Waals surface area contributed by atoms with Crippen LogP contribution in [-0.4, -0.2) is 22.7 Å². The monoisotopic (exact) mass is 399 g/mol. The molecule has 0 radical (unpaired) electrons. The van der Waals surface area contributed by atoms with Crippen LogP contribution in [0.25, 0.3) is 22.9 Å². The number of amides is 1. The van der Waals surface area contributed by atoms with Gasteiger partial charge in [-0.2, -0.15) is 0 Å². The Bertz CT molecular complexity index is 1140. The Morgan fingerprint density at radius 2 is 1.60 bits per heavy atom. The number of nitrogens with one attached hydrogen (secondary N) is 1. The van der Waals surface area contributed by atoms with Crippen molar-refractivity contribution in [2.75, 3.05) is 6.61 Å². The Labute approximate surface area is 174 Å². The number of benzene rings is 3. The van der Waals surface area contributed by atoms with E-state index in [0.717, 1.165) is 16.7 Å². The molecule has 30 heavy (non-hydrogen) atoms. The topological polar surface area (TPSA) is 77.2 Å². The molecule has 0 saturated carbocycles. The van der Waals surface area contributed by atoms with Gasteiger partial charge in [0.1, 0.15) is 5.75 Å². The second-order valence-corrected chi connectivity index (χ2v) is 6.77. The van der Waals surface area contributed by atoms with Gasteiger partial charge in [-0.3, -0.25) is 4.79 Å². The number of carbonyl (C=O) groups excluding carboxylic acids is 1. The second kappa shape index (κ2) is 9.05. The van der Waals surface area contributed by atoms with Gasteiger partial charge in [0.15, 0.2) is 6.61 Å². The third kappa shape index (κ3) is 4.55. The Hall–Kier alpha value is -3.93. The number of hydrogen-bond donors (Lipinski definition) is 1. The highest BCUT2D eigenvalue weighted by Gasteiger charge is 2.15. The summed E-state index contributed by atoms with van der Waals surface area (Å²) >= 11 is 0. The lowest BCUT2D eigenvalue weighted by Gasteiger charge is -2.10. The molecule has 0 atom stereocenters. The van der Waals surface area contributed by atoms with Crippen molar-refractivity contribution >= 4 is 5.91 Å². The lowest BCUT2D eigenvalue weighted by atomic mass is 10.1. The van der Waals surface area contributed by atoms with E-state index in [2.05, 4.69) is 15.5 Å². The van der Waals surface area contributed by atoms with Gasteiger partial charge in [0, 0.05) is 12.1 Å². The number of rotatable bonds is 7. The highest BCUT2D eigenvalue weighted by atomic mass is 16.5. The summed E-state index contributed by atoms with van der Waals surface area (Å²) < 4.78 is 11.6. The first kappa shape index (κ1) is 19.4. The molecule has 4 aromatic rings. The lowest BCUT2D eigenvalue weighted by molar-refractivity contribution is -0.123. The fourth-order valence-corrected chi connectivity index (χ4v) is 3.00. The average molecular weight is 399 g/mol. The standard InChI is InChI=1S/C24H21N3O3/c1-17-9-5-6-12-19(17)15-25-22(28)16-29-21-14-8-7-13-20(21)24-27-26-23(30-24)18-10-3-2-4-11-18/h2-14H,15-16H2,1H3,(H,25,28). The van der Waals surface area contributed by atoms with Gasteiger partial charge in [0.25, 0.3) is 11.8 Å². The maximum atomic E-state index is 12.3. The minimum Gasteiger partial charge on any atom is -0.483 e. The highest BCUT2D eigenvalue weighted by Crippen LogP contribution is 2.30. The number of hydrogen-bond acceptors (Lipinski definition) is 5. The molecule has 0 aliphatic rings. The largest absolute Gasteiger partial charge is 0.483 e. The summed E-state index contributed by atoms with van der Waals surface area (Å²) in [4.78, 5) is 12.3. The number of aromatic nitrogens is 2. The van der Waals surface area contributed by atoms with Crippen LogP contribution < -0.4 is 10.1 Å². The summed E-state index contributed by atoms with van der Waals surface area (Å²) in [6.45, 7) is 2.37. The molecule has 1 amide bonds. The summed E-state index contributed by atoms with van der Waals surface area (Å²) in [6, 6.07) is 24.8. The van der Waals surface area contributed by atoms with Gasteiger partial charge in [-0.1, -0.05) is 54.6 Å². The van der Waals surface area contributed by atoms with Gasteiger partial charge in [0.2, 0.25) is 5.89 Å². The van der Waals surface area contributed by atoms with E-state index in [0.29, 0.717) is 29.6 Å². The predicted octanol–water partition coefficient (Wildman–Crippen LogP) is 4.41. The smallest absolute Gasteiger partial charge is 0.258 e. The molecule has 0 unspecified atom stereocenters. The van der Waals surface area contributed by atoms with Gasteiger partial charge < -0.3 is 14.5 Å². The minimum absolute atomic E-state index is 0.109.